The zero-order valence-electron chi connectivity index (χ0n) is 15.1. The summed E-state index contributed by atoms with van der Waals surface area (Å²) in [6, 6.07) is 0.0489. The third kappa shape index (κ3) is 2.67. The maximum absolute atomic E-state index is 12.7. The van der Waals surface area contributed by atoms with Gasteiger partial charge in [0.15, 0.2) is 5.82 Å². The molecule has 1 N–H and O–H groups in total. The molecule has 1 saturated heterocycles. The van der Waals surface area contributed by atoms with Crippen molar-refractivity contribution < 1.29 is 14.3 Å². The molecule has 24 heavy (non-hydrogen) atoms. The normalized spacial score (nSPS) is 32.3. The van der Waals surface area contributed by atoms with Crippen molar-refractivity contribution in [1.82, 2.24) is 25.0 Å². The number of methoxy groups -OCH3 is 1. The molecule has 0 radical (unpaired) electrons. The Morgan fingerprint density at radius 1 is 1.46 bits per heavy atom. The lowest BCUT2D eigenvalue weighted by molar-refractivity contribution is -0.178. The number of nitrogens with zero attached hydrogens (tertiary/aromatic N) is 4. The van der Waals surface area contributed by atoms with Crippen molar-refractivity contribution in [3.8, 4) is 0 Å². The van der Waals surface area contributed by atoms with E-state index in [1.807, 2.05) is 11.6 Å². The second-order valence-corrected chi connectivity index (χ2v) is 7.47. The Labute approximate surface area is 142 Å². The molecule has 134 valence electrons. The first-order valence-corrected chi connectivity index (χ1v) is 8.34. The molecular formula is C16H27N5O3. The van der Waals surface area contributed by atoms with E-state index < -0.39 is 0 Å². The van der Waals surface area contributed by atoms with Crippen LogP contribution in [0.5, 0.6) is 0 Å². The highest BCUT2D eigenvalue weighted by Gasteiger charge is 2.58. The molecule has 1 aromatic heterocycles. The van der Waals surface area contributed by atoms with Gasteiger partial charge in [-0.25, -0.2) is 4.79 Å². The minimum atomic E-state index is -0.240. The Hall–Kier alpha value is -1.67. The number of aryl methyl sites for hydroxylation is 1. The van der Waals surface area contributed by atoms with E-state index in [9.17, 15) is 4.79 Å². The number of morpholine rings is 1. The third-order valence-corrected chi connectivity index (χ3v) is 5.96. The smallest absolute Gasteiger partial charge is 0.317 e. The number of aromatic nitrogens is 3. The molecule has 2 heterocycles. The molecule has 8 nitrogen and oxygen atoms in total. The maximum atomic E-state index is 12.7. The summed E-state index contributed by atoms with van der Waals surface area (Å²) in [5, 5.41) is 11.1. The molecule has 1 aromatic rings. The Morgan fingerprint density at radius 3 is 2.79 bits per heavy atom. The van der Waals surface area contributed by atoms with Crippen molar-refractivity contribution in [3.05, 3.63) is 12.2 Å². The largest absolute Gasteiger partial charge is 0.378 e. The highest BCUT2D eigenvalue weighted by Crippen LogP contribution is 2.51. The molecule has 1 aliphatic carbocycles. The SMILES string of the molecule is CO[C@]1(C)C[C@H](NC(=O)N2CCO[C@@H](c3nncn3C)C2)C1(C)C. The summed E-state index contributed by atoms with van der Waals surface area (Å²) in [6.07, 6.45) is 2.22. The van der Waals surface area contributed by atoms with Gasteiger partial charge < -0.3 is 24.3 Å². The van der Waals surface area contributed by atoms with Crippen molar-refractivity contribution in [2.24, 2.45) is 12.5 Å². The second-order valence-electron chi connectivity index (χ2n) is 7.47. The minimum absolute atomic E-state index is 0.0540. The van der Waals surface area contributed by atoms with E-state index in [2.05, 4.69) is 36.3 Å². The standard InChI is InChI=1S/C16H27N5O3/c1-15(2)12(8-16(15,3)23-5)18-14(22)21-6-7-24-11(9-21)13-19-17-10-20(13)4/h10-12H,6-9H2,1-5H3,(H,18,22)/t11-,12+,16-/m1/s1. The summed E-state index contributed by atoms with van der Waals surface area (Å²) in [6.45, 7) is 7.91. The van der Waals surface area contributed by atoms with Crippen LogP contribution in [0.4, 0.5) is 4.79 Å². The van der Waals surface area contributed by atoms with Gasteiger partial charge in [0, 0.05) is 32.2 Å². The monoisotopic (exact) mass is 337 g/mol. The molecule has 2 fully saturated rings. The van der Waals surface area contributed by atoms with Crippen LogP contribution in [-0.4, -0.2) is 64.1 Å². The lowest BCUT2D eigenvalue weighted by atomic mass is 9.56. The number of rotatable bonds is 3. The fourth-order valence-corrected chi connectivity index (χ4v) is 3.54. The van der Waals surface area contributed by atoms with Crippen molar-refractivity contribution in [2.75, 3.05) is 26.8 Å². The molecule has 3 rings (SSSR count). The highest BCUT2D eigenvalue weighted by atomic mass is 16.5. The van der Waals surface area contributed by atoms with Gasteiger partial charge in [-0.3, -0.25) is 0 Å². The molecular weight excluding hydrogens is 310 g/mol. The van der Waals surface area contributed by atoms with Crippen molar-refractivity contribution >= 4 is 6.03 Å². The number of hydrogen-bond acceptors (Lipinski definition) is 5. The number of urea groups is 1. The van der Waals surface area contributed by atoms with E-state index in [-0.39, 0.29) is 29.2 Å². The minimum Gasteiger partial charge on any atom is -0.378 e. The van der Waals surface area contributed by atoms with E-state index in [0.29, 0.717) is 19.7 Å². The average Bonchev–Trinajstić information content (AvgIpc) is 3.00. The summed E-state index contributed by atoms with van der Waals surface area (Å²) in [5.41, 5.74) is -0.302. The van der Waals surface area contributed by atoms with Crippen LogP contribution in [0, 0.1) is 5.41 Å². The Kier molecular flexibility index (Phi) is 4.29. The van der Waals surface area contributed by atoms with E-state index in [4.69, 9.17) is 9.47 Å². The van der Waals surface area contributed by atoms with Gasteiger partial charge in [-0.2, -0.15) is 0 Å². The van der Waals surface area contributed by atoms with Gasteiger partial charge in [0.2, 0.25) is 0 Å². The number of nitrogens with one attached hydrogen (secondary N) is 1. The van der Waals surface area contributed by atoms with Gasteiger partial charge in [-0.15, -0.1) is 10.2 Å². The first-order chi connectivity index (χ1) is 11.3. The van der Waals surface area contributed by atoms with E-state index in [0.717, 1.165) is 12.2 Å². The predicted octanol–water partition coefficient (Wildman–Crippen LogP) is 1.10. The molecule has 1 aliphatic heterocycles. The van der Waals surface area contributed by atoms with Gasteiger partial charge in [0.05, 0.1) is 18.8 Å². The molecule has 0 aromatic carbocycles. The number of carbonyl (C=O) groups excluding carboxylic acids is 1. The molecule has 0 bridgehead atoms. The summed E-state index contributed by atoms with van der Waals surface area (Å²) in [7, 11) is 3.60. The number of amides is 2. The number of ether oxygens (including phenoxy) is 2. The topological polar surface area (TPSA) is 81.5 Å². The van der Waals surface area contributed by atoms with Crippen LogP contribution in [0.3, 0.4) is 0 Å². The highest BCUT2D eigenvalue weighted by molar-refractivity contribution is 5.75. The molecule has 2 amide bonds. The van der Waals surface area contributed by atoms with Gasteiger partial charge in [-0.05, 0) is 13.3 Å². The van der Waals surface area contributed by atoms with Gasteiger partial charge in [0.25, 0.3) is 0 Å². The third-order valence-electron chi connectivity index (χ3n) is 5.96. The summed E-state index contributed by atoms with van der Waals surface area (Å²) >= 11 is 0. The van der Waals surface area contributed by atoms with Crippen molar-refractivity contribution in [3.63, 3.8) is 0 Å². The van der Waals surface area contributed by atoms with E-state index in [1.165, 1.54) is 0 Å². The zero-order chi connectivity index (χ0) is 17.5. The Morgan fingerprint density at radius 2 is 2.21 bits per heavy atom. The lowest BCUT2D eigenvalue weighted by Crippen LogP contribution is -2.69. The molecule has 8 heteroatoms. The summed E-state index contributed by atoms with van der Waals surface area (Å²) in [5.74, 6) is 0.739. The van der Waals surface area contributed by atoms with Crippen LogP contribution in [0.1, 0.15) is 39.1 Å². The van der Waals surface area contributed by atoms with Gasteiger partial charge in [-0.1, -0.05) is 13.8 Å². The first kappa shape index (κ1) is 17.2. The predicted molar refractivity (Wildman–Crippen MR) is 87.4 cm³/mol. The van der Waals surface area contributed by atoms with Crippen molar-refractivity contribution in [1.29, 1.82) is 0 Å². The fraction of sp³-hybridized carbons (Fsp3) is 0.812. The number of carbonyl (C=O) groups is 1. The Balaban J connectivity index is 1.61. The Bertz CT molecular complexity index is 617. The average molecular weight is 337 g/mol. The second kappa shape index (κ2) is 6.00. The fourth-order valence-electron chi connectivity index (χ4n) is 3.54. The molecule has 1 saturated carbocycles. The molecule has 0 unspecified atom stereocenters. The van der Waals surface area contributed by atoms with Crippen LogP contribution in [-0.2, 0) is 16.5 Å². The van der Waals surface area contributed by atoms with E-state index in [1.54, 1.807) is 18.3 Å². The van der Waals surface area contributed by atoms with E-state index >= 15 is 0 Å². The summed E-state index contributed by atoms with van der Waals surface area (Å²) < 4.78 is 13.2. The lowest BCUT2D eigenvalue weighted by Gasteiger charge is -2.59. The quantitative estimate of drug-likeness (QED) is 0.893. The summed E-state index contributed by atoms with van der Waals surface area (Å²) in [4.78, 5) is 14.5. The van der Waals surface area contributed by atoms with Gasteiger partial charge in [0.1, 0.15) is 12.4 Å². The molecule has 2 aliphatic rings. The van der Waals surface area contributed by atoms with Crippen LogP contribution in [0.25, 0.3) is 0 Å². The zero-order valence-corrected chi connectivity index (χ0v) is 15.1. The molecule has 0 spiro atoms. The van der Waals surface area contributed by atoms with Crippen LogP contribution in [0.2, 0.25) is 0 Å². The van der Waals surface area contributed by atoms with Gasteiger partial charge >= 0.3 is 6.03 Å². The van der Waals surface area contributed by atoms with Crippen LogP contribution < -0.4 is 5.32 Å². The van der Waals surface area contributed by atoms with Crippen LogP contribution in [0.15, 0.2) is 6.33 Å². The van der Waals surface area contributed by atoms with Crippen LogP contribution >= 0.6 is 0 Å². The number of hydrogen-bond donors (Lipinski definition) is 1. The maximum Gasteiger partial charge on any atom is 0.317 e. The first-order valence-electron chi connectivity index (χ1n) is 8.34. The molecule has 3 atom stereocenters. The van der Waals surface area contributed by atoms with Crippen molar-refractivity contribution in [2.45, 2.75) is 44.9 Å².